The van der Waals surface area contributed by atoms with Gasteiger partial charge in [0.25, 0.3) is 0 Å². The van der Waals surface area contributed by atoms with E-state index in [1.165, 1.54) is 0 Å². The number of rotatable bonds is 3. The second-order valence-electron chi connectivity index (χ2n) is 6.38. The zero-order valence-corrected chi connectivity index (χ0v) is 13.5. The Labute approximate surface area is 138 Å². The molecule has 0 heterocycles. The summed E-state index contributed by atoms with van der Waals surface area (Å²) in [7, 11) is 0. The van der Waals surface area contributed by atoms with Gasteiger partial charge in [0.1, 0.15) is 5.75 Å². The summed E-state index contributed by atoms with van der Waals surface area (Å²) in [6.07, 6.45) is -0.433. The number of aromatic carboxylic acids is 1. The van der Waals surface area contributed by atoms with E-state index in [9.17, 15) is 18.0 Å². The lowest BCUT2D eigenvalue weighted by molar-refractivity contribution is -0.139. The van der Waals surface area contributed by atoms with Crippen LogP contribution in [0.4, 0.5) is 13.2 Å². The Kier molecular flexibility index (Phi) is 5.12. The van der Waals surface area contributed by atoms with Crippen molar-refractivity contribution in [3.63, 3.8) is 0 Å². The van der Waals surface area contributed by atoms with Crippen LogP contribution in [0.25, 0.3) is 0 Å². The standard InChI is InChI=1S/C18H19F3O3/c1-17(2,10-9-12-5-3-4-6-12)24-15-11-13(16(22)23)7-8-14(15)18(19,20)21/h7-8,11-12H,3-6H2,1-2H3,(H,22,23). The average Bonchev–Trinajstić information content (AvgIpc) is 2.97. The van der Waals surface area contributed by atoms with Crippen LogP contribution in [0.1, 0.15) is 55.5 Å². The molecule has 1 N–H and O–H groups in total. The third kappa shape index (κ3) is 4.67. The van der Waals surface area contributed by atoms with Crippen molar-refractivity contribution in [2.45, 2.75) is 51.3 Å². The maximum Gasteiger partial charge on any atom is 0.419 e. The van der Waals surface area contributed by atoms with E-state index in [-0.39, 0.29) is 11.5 Å². The number of carboxylic acid groups (broad SMARTS) is 1. The molecule has 0 unspecified atom stereocenters. The lowest BCUT2D eigenvalue weighted by atomic mass is 10.0. The minimum atomic E-state index is -4.64. The SMILES string of the molecule is CC(C)(C#CC1CCCC1)Oc1cc(C(=O)O)ccc1C(F)(F)F. The molecule has 3 nitrogen and oxygen atoms in total. The Morgan fingerprint density at radius 1 is 1.25 bits per heavy atom. The zero-order chi connectivity index (χ0) is 18.0. The number of carboxylic acids is 1. The first-order valence-corrected chi connectivity index (χ1v) is 7.75. The van der Waals surface area contributed by atoms with Crippen LogP contribution >= 0.6 is 0 Å². The summed E-state index contributed by atoms with van der Waals surface area (Å²) >= 11 is 0. The smallest absolute Gasteiger partial charge is 0.419 e. The molecule has 1 saturated carbocycles. The number of alkyl halides is 3. The third-order valence-corrected chi connectivity index (χ3v) is 3.83. The number of hydrogen-bond acceptors (Lipinski definition) is 2. The predicted octanol–water partition coefficient (Wildman–Crippen LogP) is 4.75. The monoisotopic (exact) mass is 340 g/mol. The van der Waals surface area contributed by atoms with Gasteiger partial charge in [0.05, 0.1) is 11.1 Å². The molecule has 1 fully saturated rings. The van der Waals surface area contributed by atoms with Crippen LogP contribution in [0.15, 0.2) is 18.2 Å². The summed E-state index contributed by atoms with van der Waals surface area (Å²) in [6.45, 7) is 3.14. The summed E-state index contributed by atoms with van der Waals surface area (Å²) in [5, 5.41) is 8.98. The molecule has 130 valence electrons. The van der Waals surface area contributed by atoms with E-state index in [1.807, 2.05) is 0 Å². The summed E-state index contributed by atoms with van der Waals surface area (Å²) in [5.74, 6) is 4.37. The van der Waals surface area contributed by atoms with Crippen molar-refractivity contribution in [1.82, 2.24) is 0 Å². The summed E-state index contributed by atoms with van der Waals surface area (Å²) in [5.41, 5.74) is -2.43. The third-order valence-electron chi connectivity index (χ3n) is 3.83. The lowest BCUT2D eigenvalue weighted by Crippen LogP contribution is -2.27. The van der Waals surface area contributed by atoms with Gasteiger partial charge in [-0.25, -0.2) is 4.79 Å². The van der Waals surface area contributed by atoms with Gasteiger partial charge < -0.3 is 9.84 Å². The van der Waals surface area contributed by atoms with Crippen LogP contribution in [0.2, 0.25) is 0 Å². The summed E-state index contributed by atoms with van der Waals surface area (Å²) < 4.78 is 44.8. The van der Waals surface area contributed by atoms with Gasteiger partial charge in [-0.2, -0.15) is 13.2 Å². The van der Waals surface area contributed by atoms with Crippen LogP contribution in [-0.2, 0) is 6.18 Å². The van der Waals surface area contributed by atoms with Crippen molar-refractivity contribution >= 4 is 5.97 Å². The van der Waals surface area contributed by atoms with E-state index >= 15 is 0 Å². The van der Waals surface area contributed by atoms with E-state index < -0.39 is 29.1 Å². The van der Waals surface area contributed by atoms with Crippen LogP contribution in [0.5, 0.6) is 5.75 Å². The molecule has 6 heteroatoms. The molecule has 0 aromatic heterocycles. The Morgan fingerprint density at radius 2 is 1.88 bits per heavy atom. The van der Waals surface area contributed by atoms with Gasteiger partial charge in [-0.3, -0.25) is 0 Å². The number of carbonyl (C=O) groups is 1. The van der Waals surface area contributed by atoms with E-state index in [0.717, 1.165) is 43.9 Å². The molecular weight excluding hydrogens is 321 g/mol. The maximum atomic E-state index is 13.1. The highest BCUT2D eigenvalue weighted by Gasteiger charge is 2.36. The average molecular weight is 340 g/mol. The molecule has 2 rings (SSSR count). The van der Waals surface area contributed by atoms with Gasteiger partial charge in [0.2, 0.25) is 0 Å². The first-order chi connectivity index (χ1) is 11.1. The topological polar surface area (TPSA) is 46.5 Å². The zero-order valence-electron chi connectivity index (χ0n) is 13.5. The molecule has 24 heavy (non-hydrogen) atoms. The molecule has 0 atom stereocenters. The predicted molar refractivity (Wildman–Crippen MR) is 82.8 cm³/mol. The molecule has 1 aliphatic rings. The van der Waals surface area contributed by atoms with Crippen LogP contribution < -0.4 is 4.74 Å². The lowest BCUT2D eigenvalue weighted by Gasteiger charge is -2.23. The first-order valence-electron chi connectivity index (χ1n) is 7.75. The molecule has 0 radical (unpaired) electrons. The van der Waals surface area contributed by atoms with Gasteiger partial charge in [0, 0.05) is 5.92 Å². The van der Waals surface area contributed by atoms with Crippen LogP contribution in [-0.4, -0.2) is 16.7 Å². The van der Waals surface area contributed by atoms with Gasteiger partial charge >= 0.3 is 12.1 Å². The van der Waals surface area contributed by atoms with E-state index in [0.29, 0.717) is 0 Å². The van der Waals surface area contributed by atoms with Crippen LogP contribution in [0.3, 0.4) is 0 Å². The minimum Gasteiger partial charge on any atom is -0.478 e. The van der Waals surface area contributed by atoms with Crippen molar-refractivity contribution in [2.24, 2.45) is 5.92 Å². The second-order valence-corrected chi connectivity index (χ2v) is 6.38. The molecule has 0 spiro atoms. The summed E-state index contributed by atoms with van der Waals surface area (Å²) in [6, 6.07) is 2.53. The fourth-order valence-electron chi connectivity index (χ4n) is 2.62. The van der Waals surface area contributed by atoms with Gasteiger partial charge in [-0.05, 0) is 44.9 Å². The van der Waals surface area contributed by atoms with Crippen molar-refractivity contribution < 1.29 is 27.8 Å². The van der Waals surface area contributed by atoms with Gasteiger partial charge in [0.15, 0.2) is 5.60 Å². The molecule has 1 aromatic carbocycles. The Balaban J connectivity index is 2.31. The Hall–Kier alpha value is -2.16. The number of ether oxygens (including phenoxy) is 1. The highest BCUT2D eigenvalue weighted by molar-refractivity contribution is 5.88. The largest absolute Gasteiger partial charge is 0.478 e. The molecule has 1 aliphatic carbocycles. The Bertz CT molecular complexity index is 675. The first kappa shape index (κ1) is 18.2. The highest BCUT2D eigenvalue weighted by atomic mass is 19.4. The van der Waals surface area contributed by atoms with Crippen molar-refractivity contribution in [3.8, 4) is 17.6 Å². The number of halogens is 3. The number of benzene rings is 1. The molecule has 0 saturated heterocycles. The maximum absolute atomic E-state index is 13.1. The van der Waals surface area contributed by atoms with E-state index in [1.54, 1.807) is 13.8 Å². The number of hydrogen-bond donors (Lipinski definition) is 1. The molecule has 1 aromatic rings. The molecular formula is C18H19F3O3. The van der Waals surface area contributed by atoms with Gasteiger partial charge in [-0.1, -0.05) is 24.7 Å². The van der Waals surface area contributed by atoms with E-state index in [4.69, 9.17) is 9.84 Å². The summed E-state index contributed by atoms with van der Waals surface area (Å²) in [4.78, 5) is 11.0. The molecule has 0 amide bonds. The fraction of sp³-hybridized carbons (Fsp3) is 0.500. The normalized spacial score (nSPS) is 15.7. The highest BCUT2D eigenvalue weighted by Crippen LogP contribution is 2.38. The van der Waals surface area contributed by atoms with Crippen molar-refractivity contribution in [2.75, 3.05) is 0 Å². The quantitative estimate of drug-likeness (QED) is 0.808. The van der Waals surface area contributed by atoms with Crippen molar-refractivity contribution in [3.05, 3.63) is 29.3 Å². The molecule has 0 aliphatic heterocycles. The van der Waals surface area contributed by atoms with Crippen LogP contribution in [0, 0.1) is 17.8 Å². The van der Waals surface area contributed by atoms with Gasteiger partial charge in [-0.15, -0.1) is 0 Å². The second kappa shape index (κ2) is 6.76. The van der Waals surface area contributed by atoms with E-state index in [2.05, 4.69) is 11.8 Å². The van der Waals surface area contributed by atoms with Crippen molar-refractivity contribution in [1.29, 1.82) is 0 Å². The molecule has 0 bridgehead atoms. The fourth-order valence-corrected chi connectivity index (χ4v) is 2.62. The minimum absolute atomic E-state index is 0.250. The Morgan fingerprint density at radius 3 is 2.42 bits per heavy atom.